The highest BCUT2D eigenvalue weighted by Gasteiger charge is 2.08. The van der Waals surface area contributed by atoms with Crippen LogP contribution in [0.4, 0.5) is 0 Å². The molecule has 0 fully saturated rings. The van der Waals surface area contributed by atoms with Crippen LogP contribution in [0.2, 0.25) is 0 Å². The van der Waals surface area contributed by atoms with Crippen LogP contribution in [-0.2, 0) is 4.57 Å². The zero-order valence-corrected chi connectivity index (χ0v) is 6.58. The van der Waals surface area contributed by atoms with Crippen molar-refractivity contribution in [1.29, 1.82) is 0 Å². The summed E-state index contributed by atoms with van der Waals surface area (Å²) < 4.78 is 11.1. The summed E-state index contributed by atoms with van der Waals surface area (Å²) in [6.07, 6.45) is 2.49. The van der Waals surface area contributed by atoms with Crippen LogP contribution in [0.15, 0.2) is 0 Å². The molecule has 0 aromatic heterocycles. The van der Waals surface area contributed by atoms with Gasteiger partial charge in [-0.1, -0.05) is 6.92 Å². The van der Waals surface area contributed by atoms with E-state index < -0.39 is 7.14 Å². The van der Waals surface area contributed by atoms with Crippen LogP contribution < -0.4 is 0 Å². The molecular weight excluding hydrogens is 119 g/mol. The summed E-state index contributed by atoms with van der Waals surface area (Å²) >= 11 is 0. The van der Waals surface area contributed by atoms with E-state index in [4.69, 9.17) is 0 Å². The monoisotopic (exact) mass is 133 g/mol. The molecule has 0 saturated heterocycles. The van der Waals surface area contributed by atoms with E-state index in [9.17, 15) is 4.57 Å². The maximum Gasteiger partial charge on any atom is 0.0848 e. The first-order valence-electron chi connectivity index (χ1n) is 2.97. The Hall–Kier alpha value is 0.230. The number of rotatable bonds is 3. The Kier molecular flexibility index (Phi) is 3.39. The van der Waals surface area contributed by atoms with Gasteiger partial charge in [-0.15, -0.1) is 0 Å². The van der Waals surface area contributed by atoms with E-state index in [1.165, 1.54) is 0 Å². The standard InChI is InChI=1S/C6H14OP/c1-4-6-8(3,7)5-2/h2,4-6H2,1,3H3. The van der Waals surface area contributed by atoms with Crippen LogP contribution in [-0.4, -0.2) is 19.0 Å². The third kappa shape index (κ3) is 3.26. The zero-order chi connectivity index (χ0) is 6.62. The van der Waals surface area contributed by atoms with Gasteiger partial charge < -0.3 is 4.57 Å². The SMILES string of the molecule is [CH2]CP(C)(=O)CCC. The molecule has 0 saturated carbocycles. The van der Waals surface area contributed by atoms with Crippen LogP contribution in [0.5, 0.6) is 0 Å². The molecule has 0 bridgehead atoms. The van der Waals surface area contributed by atoms with Gasteiger partial charge in [-0.3, -0.25) is 0 Å². The molecule has 8 heavy (non-hydrogen) atoms. The van der Waals surface area contributed by atoms with Gasteiger partial charge in [0.1, 0.15) is 0 Å². The zero-order valence-electron chi connectivity index (χ0n) is 5.68. The van der Waals surface area contributed by atoms with Crippen molar-refractivity contribution in [3.05, 3.63) is 6.92 Å². The first-order valence-corrected chi connectivity index (χ1v) is 5.49. The lowest BCUT2D eigenvalue weighted by molar-refractivity contribution is 0.579. The molecule has 1 radical (unpaired) electrons. The van der Waals surface area contributed by atoms with Crippen molar-refractivity contribution in [1.82, 2.24) is 0 Å². The third-order valence-electron chi connectivity index (χ3n) is 1.17. The molecule has 0 heterocycles. The van der Waals surface area contributed by atoms with Crippen molar-refractivity contribution < 1.29 is 4.57 Å². The summed E-state index contributed by atoms with van der Waals surface area (Å²) in [7, 11) is -1.78. The Labute approximate surface area is 51.9 Å². The Morgan fingerprint density at radius 2 is 2.12 bits per heavy atom. The Morgan fingerprint density at radius 3 is 2.25 bits per heavy atom. The molecule has 0 aliphatic carbocycles. The maximum atomic E-state index is 11.1. The molecule has 2 heteroatoms. The summed E-state index contributed by atoms with van der Waals surface area (Å²) in [5.74, 6) is 0. The van der Waals surface area contributed by atoms with Gasteiger partial charge in [-0.2, -0.15) is 0 Å². The van der Waals surface area contributed by atoms with Crippen LogP contribution >= 0.6 is 7.14 Å². The minimum Gasteiger partial charge on any atom is -0.324 e. The van der Waals surface area contributed by atoms with Crippen molar-refractivity contribution in [2.45, 2.75) is 13.3 Å². The van der Waals surface area contributed by atoms with Crippen LogP contribution in [0.1, 0.15) is 13.3 Å². The summed E-state index contributed by atoms with van der Waals surface area (Å²) in [6, 6.07) is 0. The fourth-order valence-electron chi connectivity index (χ4n) is 0.585. The van der Waals surface area contributed by atoms with Gasteiger partial charge in [0.2, 0.25) is 0 Å². The Bertz CT molecular complexity index is 98.7. The van der Waals surface area contributed by atoms with Crippen molar-refractivity contribution in [2.24, 2.45) is 0 Å². The molecule has 0 aliphatic heterocycles. The van der Waals surface area contributed by atoms with E-state index in [2.05, 4.69) is 6.92 Å². The van der Waals surface area contributed by atoms with Crippen molar-refractivity contribution >= 4 is 7.14 Å². The molecular formula is C6H14OP. The van der Waals surface area contributed by atoms with E-state index in [0.717, 1.165) is 12.6 Å². The summed E-state index contributed by atoms with van der Waals surface area (Å²) in [4.78, 5) is 0. The average molecular weight is 133 g/mol. The molecule has 1 nitrogen and oxygen atoms in total. The molecule has 1 unspecified atom stereocenters. The summed E-state index contributed by atoms with van der Waals surface area (Å²) in [5.41, 5.74) is 0. The van der Waals surface area contributed by atoms with Crippen LogP contribution in [0.25, 0.3) is 0 Å². The highest BCUT2D eigenvalue weighted by Crippen LogP contribution is 2.40. The number of hydrogen-bond donors (Lipinski definition) is 0. The first kappa shape index (κ1) is 8.23. The van der Waals surface area contributed by atoms with Gasteiger partial charge in [-0.25, -0.2) is 0 Å². The van der Waals surface area contributed by atoms with Crippen molar-refractivity contribution in [3.63, 3.8) is 0 Å². The second kappa shape index (κ2) is 3.29. The maximum absolute atomic E-state index is 11.1. The molecule has 49 valence electrons. The van der Waals surface area contributed by atoms with Gasteiger partial charge in [0.25, 0.3) is 0 Å². The van der Waals surface area contributed by atoms with Gasteiger partial charge in [-0.05, 0) is 20.0 Å². The molecule has 1 atom stereocenters. The van der Waals surface area contributed by atoms with E-state index in [0.29, 0.717) is 6.16 Å². The third-order valence-corrected chi connectivity index (χ3v) is 3.51. The average Bonchev–Trinajstić information content (AvgIpc) is 1.67. The number of hydrogen-bond acceptors (Lipinski definition) is 1. The molecule has 0 N–H and O–H groups in total. The van der Waals surface area contributed by atoms with Crippen LogP contribution in [0.3, 0.4) is 0 Å². The molecule has 0 aliphatic rings. The predicted octanol–water partition coefficient (Wildman–Crippen LogP) is 2.22. The minimum atomic E-state index is -1.78. The van der Waals surface area contributed by atoms with Gasteiger partial charge in [0.05, 0.1) is 7.14 Å². The first-order chi connectivity index (χ1) is 3.62. The fraction of sp³-hybridized carbons (Fsp3) is 0.833. The Morgan fingerprint density at radius 1 is 1.62 bits per heavy atom. The summed E-state index contributed by atoms with van der Waals surface area (Å²) in [6.45, 7) is 7.48. The predicted molar refractivity (Wildman–Crippen MR) is 38.9 cm³/mol. The van der Waals surface area contributed by atoms with Crippen molar-refractivity contribution in [2.75, 3.05) is 19.0 Å². The Balaban J connectivity index is 3.55. The lowest BCUT2D eigenvalue weighted by Gasteiger charge is -2.05. The van der Waals surface area contributed by atoms with Crippen LogP contribution in [0, 0.1) is 6.92 Å². The lowest BCUT2D eigenvalue weighted by Crippen LogP contribution is -1.87. The second-order valence-electron chi connectivity index (χ2n) is 2.24. The lowest BCUT2D eigenvalue weighted by atomic mass is 10.6. The minimum absolute atomic E-state index is 0.612. The van der Waals surface area contributed by atoms with Crippen molar-refractivity contribution in [3.8, 4) is 0 Å². The largest absolute Gasteiger partial charge is 0.324 e. The topological polar surface area (TPSA) is 17.1 Å². The molecule has 0 spiro atoms. The quantitative estimate of drug-likeness (QED) is 0.539. The second-order valence-corrected chi connectivity index (χ2v) is 5.73. The summed E-state index contributed by atoms with van der Waals surface area (Å²) in [5, 5.41) is 0. The van der Waals surface area contributed by atoms with E-state index in [-0.39, 0.29) is 0 Å². The fourth-order valence-corrected chi connectivity index (χ4v) is 1.75. The van der Waals surface area contributed by atoms with E-state index in [1.807, 2.05) is 13.6 Å². The smallest absolute Gasteiger partial charge is 0.0848 e. The highest BCUT2D eigenvalue weighted by molar-refractivity contribution is 7.63. The van der Waals surface area contributed by atoms with Gasteiger partial charge >= 0.3 is 0 Å². The molecule has 0 amide bonds. The highest BCUT2D eigenvalue weighted by atomic mass is 31.2. The normalized spacial score (nSPS) is 17.9. The molecule has 0 rings (SSSR count). The van der Waals surface area contributed by atoms with E-state index in [1.54, 1.807) is 0 Å². The molecule has 0 aromatic rings. The van der Waals surface area contributed by atoms with Gasteiger partial charge in [0.15, 0.2) is 0 Å². The van der Waals surface area contributed by atoms with Gasteiger partial charge in [0, 0.05) is 12.3 Å². The molecule has 0 aromatic carbocycles. The van der Waals surface area contributed by atoms with E-state index >= 15 is 0 Å².